The van der Waals surface area contributed by atoms with Gasteiger partial charge in [-0.2, -0.15) is 0 Å². The molecule has 78 valence electrons. The Morgan fingerprint density at radius 2 is 2.33 bits per heavy atom. The minimum Gasteiger partial charge on any atom is -0.477 e. The summed E-state index contributed by atoms with van der Waals surface area (Å²) in [7, 11) is 0. The molecule has 1 heterocycles. The van der Waals surface area contributed by atoms with Gasteiger partial charge in [0.1, 0.15) is 4.88 Å². The van der Waals surface area contributed by atoms with Crippen LogP contribution in [0.25, 0.3) is 0 Å². The number of carbonyl (C=O) groups excluding carboxylic acids is 1. The smallest absolute Gasteiger partial charge is 0.348 e. The van der Waals surface area contributed by atoms with E-state index in [4.69, 9.17) is 11.5 Å². The Morgan fingerprint density at radius 1 is 1.60 bits per heavy atom. The van der Waals surface area contributed by atoms with Gasteiger partial charge in [-0.05, 0) is 11.4 Å². The molecule has 1 aromatic rings. The van der Waals surface area contributed by atoms with Crippen molar-refractivity contribution in [2.75, 3.05) is 5.32 Å². The van der Waals surface area contributed by atoms with E-state index in [9.17, 15) is 9.59 Å². The second kappa shape index (κ2) is 5.17. The third-order valence-electron chi connectivity index (χ3n) is 1.63. The number of nitrogens with one attached hydrogen (secondary N) is 1. The number of anilines is 1. The molecular formula is C10H9NO3S. The molecule has 0 aliphatic rings. The molecule has 1 amide bonds. The topological polar surface area (TPSA) is 66.4 Å². The van der Waals surface area contributed by atoms with Crippen LogP contribution in [0.4, 0.5) is 5.69 Å². The Bertz CT molecular complexity index is 417. The Hall–Kier alpha value is -1.80. The van der Waals surface area contributed by atoms with Crippen LogP contribution in [0, 0.1) is 12.3 Å². The van der Waals surface area contributed by atoms with Crippen molar-refractivity contribution in [2.45, 2.75) is 12.8 Å². The van der Waals surface area contributed by atoms with Crippen LogP contribution in [0.5, 0.6) is 0 Å². The maximum absolute atomic E-state index is 11.2. The van der Waals surface area contributed by atoms with Gasteiger partial charge in [0, 0.05) is 12.8 Å². The van der Waals surface area contributed by atoms with E-state index in [0.29, 0.717) is 12.1 Å². The molecule has 1 rings (SSSR count). The summed E-state index contributed by atoms with van der Waals surface area (Å²) >= 11 is 1.07. The van der Waals surface area contributed by atoms with E-state index in [-0.39, 0.29) is 17.2 Å². The van der Waals surface area contributed by atoms with E-state index < -0.39 is 5.97 Å². The molecule has 0 saturated heterocycles. The van der Waals surface area contributed by atoms with E-state index in [1.165, 1.54) is 0 Å². The number of thiophene rings is 1. The molecule has 2 N–H and O–H groups in total. The van der Waals surface area contributed by atoms with Crippen molar-refractivity contribution in [2.24, 2.45) is 0 Å². The normalized spacial score (nSPS) is 9.27. The summed E-state index contributed by atoms with van der Waals surface area (Å²) < 4.78 is 0. The van der Waals surface area contributed by atoms with Crippen molar-refractivity contribution in [3.05, 3.63) is 16.3 Å². The number of carboxylic acid groups (broad SMARTS) is 1. The van der Waals surface area contributed by atoms with Gasteiger partial charge < -0.3 is 10.4 Å². The van der Waals surface area contributed by atoms with Gasteiger partial charge >= 0.3 is 5.97 Å². The fourth-order valence-electron chi connectivity index (χ4n) is 0.972. The van der Waals surface area contributed by atoms with Crippen molar-refractivity contribution in [3.63, 3.8) is 0 Å². The summed E-state index contributed by atoms with van der Waals surface area (Å²) in [6, 6.07) is 1.56. The lowest BCUT2D eigenvalue weighted by molar-refractivity contribution is -0.116. The molecule has 0 radical (unpaired) electrons. The van der Waals surface area contributed by atoms with Gasteiger partial charge in [0.25, 0.3) is 0 Å². The first-order valence-electron chi connectivity index (χ1n) is 4.19. The van der Waals surface area contributed by atoms with Crippen LogP contribution >= 0.6 is 11.3 Å². The molecule has 1 aromatic heterocycles. The minimum atomic E-state index is -1.04. The van der Waals surface area contributed by atoms with E-state index >= 15 is 0 Å². The third-order valence-corrected chi connectivity index (χ3v) is 2.53. The molecule has 0 unspecified atom stereocenters. The van der Waals surface area contributed by atoms with Crippen LogP contribution in [-0.2, 0) is 4.79 Å². The zero-order valence-corrected chi connectivity index (χ0v) is 8.63. The van der Waals surface area contributed by atoms with Crippen LogP contribution in [0.15, 0.2) is 11.4 Å². The average molecular weight is 223 g/mol. The van der Waals surface area contributed by atoms with Crippen molar-refractivity contribution in [3.8, 4) is 12.3 Å². The van der Waals surface area contributed by atoms with Crippen molar-refractivity contribution < 1.29 is 14.7 Å². The molecule has 0 saturated carbocycles. The fraction of sp³-hybridized carbons (Fsp3) is 0.200. The quantitative estimate of drug-likeness (QED) is 0.765. The van der Waals surface area contributed by atoms with Crippen LogP contribution in [0.2, 0.25) is 0 Å². The second-order valence-corrected chi connectivity index (χ2v) is 3.64. The third kappa shape index (κ3) is 3.11. The molecule has 5 heteroatoms. The molecule has 0 fully saturated rings. The maximum atomic E-state index is 11.2. The summed E-state index contributed by atoms with van der Waals surface area (Å²) in [5.41, 5.74) is 0.328. The van der Waals surface area contributed by atoms with Gasteiger partial charge in [0.2, 0.25) is 5.91 Å². The van der Waals surface area contributed by atoms with E-state index in [2.05, 4.69) is 11.2 Å². The van der Waals surface area contributed by atoms with Crippen molar-refractivity contribution >= 4 is 28.9 Å². The van der Waals surface area contributed by atoms with Gasteiger partial charge in [0.05, 0.1) is 5.69 Å². The SMILES string of the molecule is C#CCCC(=O)Nc1ccsc1C(=O)O. The molecular weight excluding hydrogens is 214 g/mol. The molecule has 0 atom stereocenters. The Morgan fingerprint density at radius 3 is 2.93 bits per heavy atom. The number of terminal acetylenes is 1. The number of rotatable bonds is 4. The predicted octanol–water partition coefficient (Wildman–Crippen LogP) is 1.80. The zero-order chi connectivity index (χ0) is 11.3. The maximum Gasteiger partial charge on any atom is 0.348 e. The average Bonchev–Trinajstić information content (AvgIpc) is 2.62. The standard InChI is InChI=1S/C10H9NO3S/c1-2-3-4-8(12)11-7-5-6-15-9(7)10(13)14/h1,5-6H,3-4H2,(H,11,12)(H,13,14). The molecule has 0 aromatic carbocycles. The summed E-state index contributed by atoms with van der Waals surface area (Å²) in [5, 5.41) is 12.9. The highest BCUT2D eigenvalue weighted by molar-refractivity contribution is 7.12. The molecule has 0 bridgehead atoms. The minimum absolute atomic E-state index is 0.129. The number of amides is 1. The number of carboxylic acids is 1. The number of hydrogen-bond donors (Lipinski definition) is 2. The monoisotopic (exact) mass is 223 g/mol. The summed E-state index contributed by atoms with van der Waals surface area (Å²) in [6.45, 7) is 0. The number of carbonyl (C=O) groups is 2. The van der Waals surface area contributed by atoms with E-state index in [1.807, 2.05) is 0 Å². The van der Waals surface area contributed by atoms with Gasteiger partial charge in [-0.3, -0.25) is 4.79 Å². The molecule has 0 aliphatic heterocycles. The van der Waals surface area contributed by atoms with Crippen molar-refractivity contribution in [1.29, 1.82) is 0 Å². The molecule has 4 nitrogen and oxygen atoms in total. The summed E-state index contributed by atoms with van der Waals surface area (Å²) in [4.78, 5) is 22.1. The largest absolute Gasteiger partial charge is 0.477 e. The lowest BCUT2D eigenvalue weighted by Crippen LogP contribution is -2.12. The van der Waals surface area contributed by atoms with Crippen molar-refractivity contribution in [1.82, 2.24) is 0 Å². The molecule has 15 heavy (non-hydrogen) atoms. The second-order valence-electron chi connectivity index (χ2n) is 2.72. The van der Waals surface area contributed by atoms with E-state index in [0.717, 1.165) is 11.3 Å². The van der Waals surface area contributed by atoms with Gasteiger partial charge in [-0.25, -0.2) is 4.79 Å². The first kappa shape index (κ1) is 11.3. The lowest BCUT2D eigenvalue weighted by atomic mass is 10.3. The van der Waals surface area contributed by atoms with Crippen LogP contribution in [0.1, 0.15) is 22.5 Å². The van der Waals surface area contributed by atoms with Gasteiger partial charge in [-0.15, -0.1) is 23.7 Å². The van der Waals surface area contributed by atoms with Gasteiger partial charge in [0.15, 0.2) is 0 Å². The first-order valence-corrected chi connectivity index (χ1v) is 5.07. The zero-order valence-electron chi connectivity index (χ0n) is 7.82. The Balaban J connectivity index is 2.65. The fourth-order valence-corrected chi connectivity index (χ4v) is 1.66. The Kier molecular flexibility index (Phi) is 3.89. The summed E-state index contributed by atoms with van der Waals surface area (Å²) in [6.07, 6.45) is 5.55. The predicted molar refractivity (Wildman–Crippen MR) is 58.0 cm³/mol. The lowest BCUT2D eigenvalue weighted by Gasteiger charge is -2.02. The highest BCUT2D eigenvalue weighted by Crippen LogP contribution is 2.22. The van der Waals surface area contributed by atoms with Crippen LogP contribution in [0.3, 0.4) is 0 Å². The number of hydrogen-bond acceptors (Lipinski definition) is 3. The highest BCUT2D eigenvalue weighted by atomic mass is 32.1. The molecule has 0 spiro atoms. The van der Waals surface area contributed by atoms with Crippen LogP contribution in [-0.4, -0.2) is 17.0 Å². The van der Waals surface area contributed by atoms with Crippen LogP contribution < -0.4 is 5.32 Å². The van der Waals surface area contributed by atoms with E-state index in [1.54, 1.807) is 11.4 Å². The van der Waals surface area contributed by atoms with Gasteiger partial charge in [-0.1, -0.05) is 0 Å². The number of aromatic carboxylic acids is 1. The molecule has 0 aliphatic carbocycles. The summed E-state index contributed by atoms with van der Waals surface area (Å²) in [5.74, 6) is 1.03. The highest BCUT2D eigenvalue weighted by Gasteiger charge is 2.13. The first-order chi connectivity index (χ1) is 7.15. The Labute approximate surface area is 90.9 Å².